The summed E-state index contributed by atoms with van der Waals surface area (Å²) in [6.45, 7) is 5.21. The molecule has 0 bridgehead atoms. The molecule has 0 aromatic carbocycles. The van der Waals surface area contributed by atoms with Crippen LogP contribution in [-0.4, -0.2) is 62.2 Å². The van der Waals surface area contributed by atoms with Crippen LogP contribution >= 0.6 is 23.3 Å². The van der Waals surface area contributed by atoms with Crippen molar-refractivity contribution in [3.63, 3.8) is 0 Å². The summed E-state index contributed by atoms with van der Waals surface area (Å²) in [5, 5.41) is 4.29. The van der Waals surface area contributed by atoms with Crippen LogP contribution in [-0.2, 0) is 0 Å². The maximum atomic E-state index is 13.3. The fraction of sp³-hybridized carbons (Fsp3) is 0.480. The third kappa shape index (κ3) is 6.71. The van der Waals surface area contributed by atoms with Crippen LogP contribution in [0.2, 0.25) is 0 Å². The summed E-state index contributed by atoms with van der Waals surface area (Å²) in [5.74, 6) is 0.241. The van der Waals surface area contributed by atoms with Crippen molar-refractivity contribution >= 4 is 34.9 Å². The van der Waals surface area contributed by atoms with Crippen molar-refractivity contribution in [3.8, 4) is 16.5 Å². The number of carbonyl (C=O) groups excluding carboxylic acids is 1. The maximum Gasteiger partial charge on any atom is 0.280 e. The Morgan fingerprint density at radius 3 is 2.89 bits per heavy atom. The molecule has 1 saturated heterocycles. The molecule has 3 aromatic rings. The van der Waals surface area contributed by atoms with Gasteiger partial charge in [0.25, 0.3) is 5.91 Å². The zero-order valence-electron chi connectivity index (χ0n) is 20.4. The molecule has 3 aromatic heterocycles. The number of rotatable bonds is 11. The number of hydrogen-bond acceptors (Lipinski definition) is 10. The van der Waals surface area contributed by atoms with Crippen LogP contribution < -0.4 is 14.8 Å². The normalized spacial score (nSPS) is 16.9. The highest BCUT2D eigenvalue weighted by Crippen LogP contribution is 2.34. The van der Waals surface area contributed by atoms with E-state index >= 15 is 0 Å². The summed E-state index contributed by atoms with van der Waals surface area (Å²) < 4.78 is 8.90. The molecule has 1 atom stereocenters. The minimum atomic E-state index is -0.239. The SMILES string of the molecule is CCOc1cncc(-c2cnc(C(=O)NC(CN3CCCCC3)c3cc(NSC4CC4)ccn3)s2)n1. The standard InChI is InChI=1S/C25H31N7O2S2/c1-2-34-23-15-26-13-20(29-23)22-14-28-25(35-22)24(33)30-21(16-32-10-4-3-5-11-32)19-12-17(8-9-27-19)31-36-18-6-7-18/h8-9,12-15,18,21H,2-7,10-11,16H2,1H3,(H,27,31)(H,30,33). The van der Waals surface area contributed by atoms with Gasteiger partial charge in [0.2, 0.25) is 5.88 Å². The molecule has 0 spiro atoms. The van der Waals surface area contributed by atoms with Crippen LogP contribution in [0.1, 0.15) is 60.6 Å². The molecule has 1 saturated carbocycles. The van der Waals surface area contributed by atoms with E-state index in [1.54, 1.807) is 30.5 Å². The van der Waals surface area contributed by atoms with E-state index in [-0.39, 0.29) is 11.9 Å². The van der Waals surface area contributed by atoms with E-state index in [9.17, 15) is 4.79 Å². The zero-order chi connectivity index (χ0) is 24.7. The second-order valence-corrected chi connectivity index (χ2v) is 11.1. The molecule has 36 heavy (non-hydrogen) atoms. The molecule has 1 amide bonds. The third-order valence-corrected chi connectivity index (χ3v) is 8.23. The van der Waals surface area contributed by atoms with Crippen LogP contribution in [0.5, 0.6) is 5.88 Å². The Morgan fingerprint density at radius 2 is 2.08 bits per heavy atom. The van der Waals surface area contributed by atoms with Crippen molar-refractivity contribution < 1.29 is 9.53 Å². The van der Waals surface area contributed by atoms with Gasteiger partial charge in [-0.05, 0) is 69.8 Å². The molecule has 0 radical (unpaired) electrons. The molecular weight excluding hydrogens is 494 g/mol. The highest BCUT2D eigenvalue weighted by atomic mass is 32.2. The van der Waals surface area contributed by atoms with Crippen LogP contribution in [0.25, 0.3) is 10.6 Å². The van der Waals surface area contributed by atoms with Crippen LogP contribution in [0.3, 0.4) is 0 Å². The molecule has 1 aliphatic heterocycles. The second-order valence-electron chi connectivity index (χ2n) is 8.98. The van der Waals surface area contributed by atoms with Gasteiger partial charge in [0, 0.05) is 29.9 Å². The van der Waals surface area contributed by atoms with Crippen LogP contribution in [0, 0.1) is 0 Å². The Morgan fingerprint density at radius 1 is 1.22 bits per heavy atom. The van der Waals surface area contributed by atoms with E-state index in [4.69, 9.17) is 4.74 Å². The van der Waals surface area contributed by atoms with Gasteiger partial charge in [-0.3, -0.25) is 14.8 Å². The first-order chi connectivity index (χ1) is 17.7. The second kappa shape index (κ2) is 12.0. The lowest BCUT2D eigenvalue weighted by Crippen LogP contribution is -2.40. The Bertz CT molecular complexity index is 1160. The third-order valence-electron chi connectivity index (χ3n) is 6.06. The first kappa shape index (κ1) is 24.9. The molecule has 1 aliphatic carbocycles. The fourth-order valence-electron chi connectivity index (χ4n) is 4.05. The number of carbonyl (C=O) groups is 1. The molecule has 11 heteroatoms. The number of amides is 1. The Hall–Kier alpha value is -2.76. The number of nitrogens with zero attached hydrogens (tertiary/aromatic N) is 5. The quantitative estimate of drug-likeness (QED) is 0.348. The number of ether oxygens (including phenoxy) is 1. The number of aromatic nitrogens is 4. The number of nitrogens with one attached hydrogen (secondary N) is 2. The molecular formula is C25H31N7O2S2. The Balaban J connectivity index is 1.31. The number of piperidine rings is 1. The number of likely N-dealkylation sites (tertiary alicyclic amines) is 1. The van der Waals surface area contributed by atoms with Crippen molar-refractivity contribution in [2.75, 3.05) is 31.0 Å². The number of thiazole rings is 1. The molecule has 1 unspecified atom stereocenters. The van der Waals surface area contributed by atoms with Gasteiger partial charge in [-0.25, -0.2) is 9.97 Å². The monoisotopic (exact) mass is 525 g/mol. The lowest BCUT2D eigenvalue weighted by molar-refractivity contribution is 0.0918. The molecule has 190 valence electrons. The highest BCUT2D eigenvalue weighted by Gasteiger charge is 2.25. The van der Waals surface area contributed by atoms with Gasteiger partial charge in [0.05, 0.1) is 35.6 Å². The Labute approximate surface area is 219 Å². The minimum Gasteiger partial charge on any atom is -0.477 e. The van der Waals surface area contributed by atoms with Crippen molar-refractivity contribution in [1.82, 2.24) is 30.2 Å². The molecule has 5 rings (SSSR count). The van der Waals surface area contributed by atoms with Gasteiger partial charge in [0.15, 0.2) is 5.01 Å². The van der Waals surface area contributed by atoms with Crippen molar-refractivity contribution in [2.45, 2.75) is 50.3 Å². The predicted molar refractivity (Wildman–Crippen MR) is 143 cm³/mol. The molecule has 4 heterocycles. The largest absolute Gasteiger partial charge is 0.477 e. The van der Waals surface area contributed by atoms with Gasteiger partial charge in [-0.15, -0.1) is 11.3 Å². The average Bonchev–Trinajstić information content (AvgIpc) is 3.61. The summed E-state index contributed by atoms with van der Waals surface area (Å²) in [7, 11) is 0. The predicted octanol–water partition coefficient (Wildman–Crippen LogP) is 4.57. The Kier molecular flexibility index (Phi) is 8.29. The van der Waals surface area contributed by atoms with Gasteiger partial charge < -0.3 is 19.7 Å². The molecule has 2 aliphatic rings. The zero-order valence-corrected chi connectivity index (χ0v) is 22.0. The van der Waals surface area contributed by atoms with E-state index in [2.05, 4.69) is 34.9 Å². The van der Waals surface area contributed by atoms with Gasteiger partial charge in [-0.2, -0.15) is 0 Å². The summed E-state index contributed by atoms with van der Waals surface area (Å²) in [4.78, 5) is 34.2. The van der Waals surface area contributed by atoms with E-state index in [1.165, 1.54) is 43.4 Å². The first-order valence-corrected chi connectivity index (χ1v) is 14.2. The van der Waals surface area contributed by atoms with Gasteiger partial charge in [0.1, 0.15) is 5.69 Å². The highest BCUT2D eigenvalue weighted by molar-refractivity contribution is 8.01. The van der Waals surface area contributed by atoms with E-state index in [0.717, 1.165) is 35.9 Å². The summed E-state index contributed by atoms with van der Waals surface area (Å²) in [6.07, 6.45) is 12.9. The first-order valence-electron chi connectivity index (χ1n) is 12.5. The minimum absolute atomic E-state index is 0.213. The number of pyridine rings is 1. The van der Waals surface area contributed by atoms with E-state index < -0.39 is 0 Å². The van der Waals surface area contributed by atoms with Crippen molar-refractivity contribution in [2.24, 2.45) is 0 Å². The smallest absolute Gasteiger partial charge is 0.280 e. The van der Waals surface area contributed by atoms with E-state index in [0.29, 0.717) is 28.4 Å². The fourth-order valence-corrected chi connectivity index (χ4v) is 5.63. The van der Waals surface area contributed by atoms with Crippen LogP contribution in [0.15, 0.2) is 36.9 Å². The average molecular weight is 526 g/mol. The van der Waals surface area contributed by atoms with Gasteiger partial charge >= 0.3 is 0 Å². The van der Waals surface area contributed by atoms with Crippen molar-refractivity contribution in [3.05, 3.63) is 47.6 Å². The van der Waals surface area contributed by atoms with E-state index in [1.807, 2.05) is 25.3 Å². The lowest BCUT2D eigenvalue weighted by atomic mass is 10.1. The van der Waals surface area contributed by atoms with Crippen molar-refractivity contribution in [1.29, 1.82) is 0 Å². The summed E-state index contributed by atoms with van der Waals surface area (Å²) >= 11 is 3.06. The summed E-state index contributed by atoms with van der Waals surface area (Å²) in [6, 6.07) is 3.78. The van der Waals surface area contributed by atoms with Crippen LogP contribution in [0.4, 0.5) is 5.69 Å². The lowest BCUT2D eigenvalue weighted by Gasteiger charge is -2.30. The number of anilines is 1. The molecule has 9 nitrogen and oxygen atoms in total. The summed E-state index contributed by atoms with van der Waals surface area (Å²) in [5.41, 5.74) is 2.50. The number of hydrogen-bond donors (Lipinski definition) is 2. The van der Waals surface area contributed by atoms with Gasteiger partial charge in [-0.1, -0.05) is 6.42 Å². The maximum absolute atomic E-state index is 13.3. The molecule has 2 fully saturated rings. The molecule has 2 N–H and O–H groups in total. The topological polar surface area (TPSA) is 105 Å².